The summed E-state index contributed by atoms with van der Waals surface area (Å²) in [7, 11) is 0. The summed E-state index contributed by atoms with van der Waals surface area (Å²) in [6.07, 6.45) is 4.61. The van der Waals surface area contributed by atoms with E-state index in [9.17, 15) is 14.0 Å². The van der Waals surface area contributed by atoms with E-state index in [2.05, 4.69) is 27.3 Å². The van der Waals surface area contributed by atoms with E-state index < -0.39 is 0 Å². The van der Waals surface area contributed by atoms with Gasteiger partial charge in [0.15, 0.2) is 6.61 Å². The van der Waals surface area contributed by atoms with Crippen molar-refractivity contribution in [1.29, 1.82) is 0 Å². The molecular formula is C28H31FN4O3. The van der Waals surface area contributed by atoms with Crippen molar-refractivity contribution >= 4 is 11.8 Å². The lowest BCUT2D eigenvalue weighted by Gasteiger charge is -2.32. The summed E-state index contributed by atoms with van der Waals surface area (Å²) >= 11 is 0. The number of amides is 2. The summed E-state index contributed by atoms with van der Waals surface area (Å²) in [6.45, 7) is 2.53. The number of nitrogens with zero attached hydrogens (tertiary/aromatic N) is 3. The van der Waals surface area contributed by atoms with Crippen molar-refractivity contribution in [2.24, 2.45) is 0 Å². The summed E-state index contributed by atoms with van der Waals surface area (Å²) in [5.74, 6) is -0.152. The van der Waals surface area contributed by atoms with Gasteiger partial charge in [-0.1, -0.05) is 30.3 Å². The van der Waals surface area contributed by atoms with E-state index in [0.717, 1.165) is 17.5 Å². The molecule has 2 heterocycles. The molecule has 0 saturated carbocycles. The molecule has 1 aliphatic heterocycles. The Kier molecular flexibility index (Phi) is 8.99. The number of hydrogen-bond acceptors (Lipinski definition) is 5. The molecule has 0 bridgehead atoms. The minimum absolute atomic E-state index is 0.0551. The molecule has 0 radical (unpaired) electrons. The fourth-order valence-electron chi connectivity index (χ4n) is 4.37. The maximum Gasteiger partial charge on any atom is 0.260 e. The van der Waals surface area contributed by atoms with Crippen LogP contribution in [0.3, 0.4) is 0 Å². The van der Waals surface area contributed by atoms with E-state index in [0.29, 0.717) is 44.9 Å². The van der Waals surface area contributed by atoms with E-state index >= 15 is 0 Å². The molecule has 2 aromatic carbocycles. The molecule has 0 spiro atoms. The second-order valence-corrected chi connectivity index (χ2v) is 8.78. The zero-order valence-electron chi connectivity index (χ0n) is 20.2. The number of hydrogen-bond donors (Lipinski definition) is 1. The van der Waals surface area contributed by atoms with Crippen LogP contribution in [0.15, 0.2) is 79.1 Å². The number of carbonyl (C=O) groups is 2. The Bertz CT molecular complexity index is 1110. The smallest absolute Gasteiger partial charge is 0.260 e. The van der Waals surface area contributed by atoms with Gasteiger partial charge in [0.05, 0.1) is 0 Å². The molecule has 7 nitrogen and oxygen atoms in total. The topological polar surface area (TPSA) is 74.8 Å². The molecule has 36 heavy (non-hydrogen) atoms. The molecule has 3 aromatic rings. The number of halogens is 1. The lowest BCUT2D eigenvalue weighted by atomic mass is 10.00. The SMILES string of the molecule is O=C1CC(c2ccccc2)N(Cc2ccncc2)CCCN(C(=O)COc2ccc(F)cc2)CCN1. The first-order valence-corrected chi connectivity index (χ1v) is 12.2. The zero-order chi connectivity index (χ0) is 25.2. The number of nitrogens with one attached hydrogen (secondary N) is 1. The summed E-state index contributed by atoms with van der Waals surface area (Å²) < 4.78 is 18.7. The molecule has 2 amide bonds. The molecule has 8 heteroatoms. The number of aromatic nitrogens is 1. The van der Waals surface area contributed by atoms with Crippen LogP contribution in [0.5, 0.6) is 5.75 Å². The van der Waals surface area contributed by atoms with Gasteiger partial charge in [-0.2, -0.15) is 0 Å². The lowest BCUT2D eigenvalue weighted by Crippen LogP contribution is -2.41. The van der Waals surface area contributed by atoms with Gasteiger partial charge in [0.2, 0.25) is 5.91 Å². The predicted octanol–water partition coefficient (Wildman–Crippen LogP) is 3.58. The fraction of sp³-hybridized carbons (Fsp3) is 0.321. The molecular weight excluding hydrogens is 459 g/mol. The number of pyridine rings is 1. The van der Waals surface area contributed by atoms with Gasteiger partial charge in [-0.15, -0.1) is 0 Å². The Morgan fingerprint density at radius 2 is 1.75 bits per heavy atom. The van der Waals surface area contributed by atoms with Crippen LogP contribution < -0.4 is 10.1 Å². The highest BCUT2D eigenvalue weighted by Gasteiger charge is 2.25. The Labute approximate surface area is 210 Å². The Hall–Kier alpha value is -3.78. The van der Waals surface area contributed by atoms with Crippen LogP contribution in [0.25, 0.3) is 0 Å². The lowest BCUT2D eigenvalue weighted by molar-refractivity contribution is -0.133. The average Bonchev–Trinajstić information content (AvgIpc) is 2.94. The van der Waals surface area contributed by atoms with E-state index in [1.165, 1.54) is 24.3 Å². The van der Waals surface area contributed by atoms with Crippen LogP contribution in [0.4, 0.5) is 4.39 Å². The van der Waals surface area contributed by atoms with Gasteiger partial charge in [0, 0.05) is 57.6 Å². The van der Waals surface area contributed by atoms with Crippen molar-refractivity contribution in [3.63, 3.8) is 0 Å². The van der Waals surface area contributed by atoms with Gasteiger partial charge in [0.1, 0.15) is 11.6 Å². The highest BCUT2D eigenvalue weighted by atomic mass is 19.1. The van der Waals surface area contributed by atoms with Gasteiger partial charge >= 0.3 is 0 Å². The summed E-state index contributed by atoms with van der Waals surface area (Å²) in [5.41, 5.74) is 2.20. The predicted molar refractivity (Wildman–Crippen MR) is 135 cm³/mol. The number of benzene rings is 2. The third kappa shape index (κ3) is 7.36. The van der Waals surface area contributed by atoms with Crippen molar-refractivity contribution in [3.8, 4) is 5.75 Å². The zero-order valence-corrected chi connectivity index (χ0v) is 20.2. The Balaban J connectivity index is 1.47. The highest BCUT2D eigenvalue weighted by Crippen LogP contribution is 2.27. The first-order valence-electron chi connectivity index (χ1n) is 12.2. The minimum Gasteiger partial charge on any atom is -0.484 e. The molecule has 1 N–H and O–H groups in total. The third-order valence-electron chi connectivity index (χ3n) is 6.24. The summed E-state index contributed by atoms with van der Waals surface area (Å²) in [4.78, 5) is 34.0. The van der Waals surface area contributed by atoms with Crippen molar-refractivity contribution in [3.05, 3.63) is 96.1 Å². The highest BCUT2D eigenvalue weighted by molar-refractivity contribution is 5.78. The molecule has 188 valence electrons. The van der Waals surface area contributed by atoms with Gasteiger partial charge in [-0.25, -0.2) is 4.39 Å². The van der Waals surface area contributed by atoms with Crippen molar-refractivity contribution in [2.45, 2.75) is 25.4 Å². The van der Waals surface area contributed by atoms with Gasteiger partial charge in [-0.3, -0.25) is 19.5 Å². The quantitative estimate of drug-likeness (QED) is 0.572. The normalized spacial score (nSPS) is 17.6. The third-order valence-corrected chi connectivity index (χ3v) is 6.24. The molecule has 0 aliphatic carbocycles. The minimum atomic E-state index is -0.360. The van der Waals surface area contributed by atoms with E-state index in [1.807, 2.05) is 30.3 Å². The fourth-order valence-corrected chi connectivity index (χ4v) is 4.37. The molecule has 4 rings (SSSR count). The van der Waals surface area contributed by atoms with Crippen molar-refractivity contribution in [2.75, 3.05) is 32.8 Å². The average molecular weight is 491 g/mol. The summed E-state index contributed by atoms with van der Waals surface area (Å²) in [5, 5.41) is 2.98. The van der Waals surface area contributed by atoms with Crippen LogP contribution in [0.1, 0.15) is 30.0 Å². The number of rotatable bonds is 6. The Morgan fingerprint density at radius 3 is 2.50 bits per heavy atom. The van der Waals surface area contributed by atoms with Crippen LogP contribution in [0.2, 0.25) is 0 Å². The molecule has 1 fully saturated rings. The van der Waals surface area contributed by atoms with E-state index in [4.69, 9.17) is 4.74 Å². The van der Waals surface area contributed by atoms with Gasteiger partial charge in [-0.05, 0) is 53.9 Å². The van der Waals surface area contributed by atoms with Gasteiger partial charge < -0.3 is 15.0 Å². The largest absolute Gasteiger partial charge is 0.484 e. The van der Waals surface area contributed by atoms with Crippen molar-refractivity contribution in [1.82, 2.24) is 20.1 Å². The maximum absolute atomic E-state index is 13.1. The van der Waals surface area contributed by atoms with E-state index in [-0.39, 0.29) is 30.3 Å². The molecule has 1 saturated heterocycles. The van der Waals surface area contributed by atoms with Crippen LogP contribution in [-0.2, 0) is 16.1 Å². The van der Waals surface area contributed by atoms with Crippen LogP contribution in [0, 0.1) is 5.82 Å². The number of carbonyl (C=O) groups excluding carboxylic acids is 2. The Morgan fingerprint density at radius 1 is 1.00 bits per heavy atom. The molecule has 1 unspecified atom stereocenters. The first-order chi connectivity index (χ1) is 17.6. The van der Waals surface area contributed by atoms with E-state index in [1.54, 1.807) is 17.3 Å². The second kappa shape index (κ2) is 12.8. The van der Waals surface area contributed by atoms with Gasteiger partial charge in [0.25, 0.3) is 5.91 Å². The monoisotopic (exact) mass is 490 g/mol. The first kappa shape index (κ1) is 25.3. The maximum atomic E-state index is 13.1. The second-order valence-electron chi connectivity index (χ2n) is 8.78. The van der Waals surface area contributed by atoms with Crippen molar-refractivity contribution < 1.29 is 18.7 Å². The van der Waals surface area contributed by atoms with Crippen LogP contribution >= 0.6 is 0 Å². The summed E-state index contributed by atoms with van der Waals surface area (Å²) in [6, 6.07) is 19.5. The standard InChI is InChI=1S/C28H31FN4O3/c29-24-7-9-25(10-8-24)36-21-28(35)32-16-4-17-33(20-22-11-13-30-14-12-22)26(19-27(34)31-15-18-32)23-5-2-1-3-6-23/h1-3,5-14,26H,4,15-21H2,(H,31,34). The molecule has 1 aliphatic rings. The van der Waals surface area contributed by atoms with Crippen LogP contribution in [-0.4, -0.2) is 59.4 Å². The molecule has 1 aromatic heterocycles. The number of ether oxygens (including phenoxy) is 1. The molecule has 1 atom stereocenters.